The van der Waals surface area contributed by atoms with E-state index in [1.807, 2.05) is 0 Å². The van der Waals surface area contributed by atoms with E-state index in [0.717, 1.165) is 12.8 Å². The van der Waals surface area contributed by atoms with Gasteiger partial charge in [0, 0.05) is 26.4 Å². The van der Waals surface area contributed by atoms with Gasteiger partial charge in [-0.25, -0.2) is 0 Å². The Labute approximate surface area is 95.9 Å². The molecule has 0 aromatic rings. The number of hydrogen-bond donors (Lipinski definition) is 1. The third-order valence-electron chi connectivity index (χ3n) is 2.86. The number of carboxylic acids is 1. The van der Waals surface area contributed by atoms with E-state index in [4.69, 9.17) is 5.11 Å². The van der Waals surface area contributed by atoms with Gasteiger partial charge in [0.05, 0.1) is 0 Å². The van der Waals surface area contributed by atoms with E-state index in [0.29, 0.717) is 25.3 Å². The van der Waals surface area contributed by atoms with E-state index in [9.17, 15) is 9.59 Å². The van der Waals surface area contributed by atoms with Gasteiger partial charge in [-0.1, -0.05) is 12.2 Å². The summed E-state index contributed by atoms with van der Waals surface area (Å²) >= 11 is 0. The predicted octanol–water partition coefficient (Wildman–Crippen LogP) is 1.67. The van der Waals surface area contributed by atoms with Gasteiger partial charge in [-0.05, 0) is 25.2 Å². The lowest BCUT2D eigenvalue weighted by Gasteiger charge is -2.18. The maximum absolute atomic E-state index is 11.7. The topological polar surface area (TPSA) is 57.6 Å². The van der Waals surface area contributed by atoms with Crippen LogP contribution in [0.2, 0.25) is 0 Å². The maximum Gasteiger partial charge on any atom is 0.303 e. The fraction of sp³-hybridized carbons (Fsp3) is 0.667. The fourth-order valence-electron chi connectivity index (χ4n) is 1.84. The second kappa shape index (κ2) is 6.30. The van der Waals surface area contributed by atoms with Crippen LogP contribution in [-0.2, 0) is 9.59 Å². The summed E-state index contributed by atoms with van der Waals surface area (Å²) in [7, 11) is 1.74. The van der Waals surface area contributed by atoms with Gasteiger partial charge in [-0.15, -0.1) is 0 Å². The van der Waals surface area contributed by atoms with Gasteiger partial charge in [0.1, 0.15) is 0 Å². The fourth-order valence-corrected chi connectivity index (χ4v) is 1.84. The SMILES string of the molecule is CN(CCCC(=O)O)C(=O)CC1C=CCC1. The molecule has 4 heteroatoms. The molecular formula is C12H19NO3. The van der Waals surface area contributed by atoms with E-state index >= 15 is 0 Å². The Morgan fingerprint density at radius 1 is 1.50 bits per heavy atom. The van der Waals surface area contributed by atoms with E-state index < -0.39 is 5.97 Å². The van der Waals surface area contributed by atoms with Gasteiger partial charge in [0.15, 0.2) is 0 Å². The van der Waals surface area contributed by atoms with E-state index in [2.05, 4.69) is 12.2 Å². The average molecular weight is 225 g/mol. The molecule has 16 heavy (non-hydrogen) atoms. The molecule has 1 unspecified atom stereocenters. The molecule has 1 amide bonds. The normalized spacial score (nSPS) is 18.7. The molecule has 0 spiro atoms. The molecule has 0 saturated carbocycles. The van der Waals surface area contributed by atoms with Crippen molar-refractivity contribution in [3.8, 4) is 0 Å². The summed E-state index contributed by atoms with van der Waals surface area (Å²) in [6.45, 7) is 0.529. The van der Waals surface area contributed by atoms with Gasteiger partial charge in [-0.2, -0.15) is 0 Å². The molecule has 1 aliphatic carbocycles. The number of aliphatic carboxylic acids is 1. The number of carbonyl (C=O) groups excluding carboxylic acids is 1. The molecule has 0 bridgehead atoms. The zero-order chi connectivity index (χ0) is 12.0. The Morgan fingerprint density at radius 3 is 2.81 bits per heavy atom. The minimum atomic E-state index is -0.806. The number of carboxylic acid groups (broad SMARTS) is 1. The highest BCUT2D eigenvalue weighted by Gasteiger charge is 2.16. The molecule has 0 aromatic carbocycles. The van der Waals surface area contributed by atoms with E-state index in [-0.39, 0.29) is 12.3 Å². The lowest BCUT2D eigenvalue weighted by atomic mass is 10.0. The number of carbonyl (C=O) groups is 2. The molecule has 0 aliphatic heterocycles. The first-order valence-corrected chi connectivity index (χ1v) is 5.72. The van der Waals surface area contributed by atoms with Gasteiger partial charge in [0.2, 0.25) is 5.91 Å². The number of rotatable bonds is 6. The van der Waals surface area contributed by atoms with Crippen LogP contribution in [0.15, 0.2) is 12.2 Å². The monoisotopic (exact) mass is 225 g/mol. The molecule has 0 aromatic heterocycles. The molecule has 0 saturated heterocycles. The van der Waals surface area contributed by atoms with Crippen LogP contribution in [0.4, 0.5) is 0 Å². The highest BCUT2D eigenvalue weighted by molar-refractivity contribution is 5.76. The van der Waals surface area contributed by atoms with Crippen LogP contribution in [-0.4, -0.2) is 35.5 Å². The minimum Gasteiger partial charge on any atom is -0.481 e. The van der Waals surface area contributed by atoms with Crippen molar-refractivity contribution < 1.29 is 14.7 Å². The summed E-state index contributed by atoms with van der Waals surface area (Å²) in [5.74, 6) is -0.309. The highest BCUT2D eigenvalue weighted by atomic mass is 16.4. The van der Waals surface area contributed by atoms with E-state index in [1.54, 1.807) is 11.9 Å². The molecule has 90 valence electrons. The molecule has 0 heterocycles. The summed E-state index contributed by atoms with van der Waals surface area (Å²) in [5.41, 5.74) is 0. The van der Waals surface area contributed by atoms with Crippen molar-refractivity contribution in [2.45, 2.75) is 32.1 Å². The zero-order valence-electron chi connectivity index (χ0n) is 9.69. The van der Waals surface area contributed by atoms with Crippen LogP contribution in [0, 0.1) is 5.92 Å². The van der Waals surface area contributed by atoms with Gasteiger partial charge < -0.3 is 10.0 Å². The largest absolute Gasteiger partial charge is 0.481 e. The number of hydrogen-bond acceptors (Lipinski definition) is 2. The Balaban J connectivity index is 2.19. The third-order valence-corrected chi connectivity index (χ3v) is 2.86. The van der Waals surface area contributed by atoms with Crippen molar-refractivity contribution >= 4 is 11.9 Å². The molecule has 0 fully saturated rings. The number of amides is 1. The van der Waals surface area contributed by atoms with Crippen LogP contribution in [0.1, 0.15) is 32.1 Å². The van der Waals surface area contributed by atoms with Crippen molar-refractivity contribution in [2.24, 2.45) is 5.92 Å². The van der Waals surface area contributed by atoms with Crippen molar-refractivity contribution in [3.63, 3.8) is 0 Å². The molecule has 0 radical (unpaired) electrons. The summed E-state index contributed by atoms with van der Waals surface area (Å²) in [6.07, 6.45) is 7.56. The molecule has 4 nitrogen and oxygen atoms in total. The first-order valence-electron chi connectivity index (χ1n) is 5.72. The summed E-state index contributed by atoms with van der Waals surface area (Å²) in [5, 5.41) is 8.48. The Bertz CT molecular complexity index is 286. The smallest absolute Gasteiger partial charge is 0.303 e. The van der Waals surface area contributed by atoms with Crippen molar-refractivity contribution in [1.29, 1.82) is 0 Å². The standard InChI is InChI=1S/C12H19NO3/c1-13(8-4-7-12(15)16)11(14)9-10-5-2-3-6-10/h2,5,10H,3-4,6-9H2,1H3,(H,15,16). The third kappa shape index (κ3) is 4.47. The lowest BCUT2D eigenvalue weighted by Crippen LogP contribution is -2.29. The van der Waals surface area contributed by atoms with Crippen LogP contribution in [0.25, 0.3) is 0 Å². The second-order valence-corrected chi connectivity index (χ2v) is 4.28. The Kier molecular flexibility index (Phi) is 5.02. The summed E-state index contributed by atoms with van der Waals surface area (Å²) in [6, 6.07) is 0. The first kappa shape index (κ1) is 12.7. The van der Waals surface area contributed by atoms with Crippen LogP contribution >= 0.6 is 0 Å². The van der Waals surface area contributed by atoms with Crippen molar-refractivity contribution in [1.82, 2.24) is 4.90 Å². The molecule has 1 aliphatic rings. The van der Waals surface area contributed by atoms with Crippen LogP contribution in [0.3, 0.4) is 0 Å². The second-order valence-electron chi connectivity index (χ2n) is 4.28. The van der Waals surface area contributed by atoms with Crippen molar-refractivity contribution in [2.75, 3.05) is 13.6 Å². The molecule has 1 N–H and O–H groups in total. The number of nitrogens with zero attached hydrogens (tertiary/aromatic N) is 1. The average Bonchev–Trinajstić information content (AvgIpc) is 2.69. The molecular weight excluding hydrogens is 206 g/mol. The van der Waals surface area contributed by atoms with Crippen molar-refractivity contribution in [3.05, 3.63) is 12.2 Å². The zero-order valence-corrected chi connectivity index (χ0v) is 9.69. The van der Waals surface area contributed by atoms with E-state index in [1.165, 1.54) is 0 Å². The van der Waals surface area contributed by atoms with Crippen LogP contribution < -0.4 is 0 Å². The molecule has 1 atom stereocenters. The maximum atomic E-state index is 11.7. The first-order chi connectivity index (χ1) is 7.59. The molecule has 1 rings (SSSR count). The highest BCUT2D eigenvalue weighted by Crippen LogP contribution is 2.20. The van der Waals surface area contributed by atoms with Crippen LogP contribution in [0.5, 0.6) is 0 Å². The minimum absolute atomic E-state index is 0.113. The van der Waals surface area contributed by atoms with Gasteiger partial charge in [-0.3, -0.25) is 9.59 Å². The Morgan fingerprint density at radius 2 is 2.25 bits per heavy atom. The predicted molar refractivity (Wildman–Crippen MR) is 61.0 cm³/mol. The quantitative estimate of drug-likeness (QED) is 0.699. The number of allylic oxidation sites excluding steroid dienone is 2. The summed E-state index contributed by atoms with van der Waals surface area (Å²) in [4.78, 5) is 23.7. The van der Waals surface area contributed by atoms with Gasteiger partial charge >= 0.3 is 5.97 Å². The van der Waals surface area contributed by atoms with Gasteiger partial charge in [0.25, 0.3) is 0 Å². The Hall–Kier alpha value is -1.32. The summed E-state index contributed by atoms with van der Waals surface area (Å²) < 4.78 is 0. The lowest BCUT2D eigenvalue weighted by molar-refractivity contribution is -0.138.